The van der Waals surface area contributed by atoms with Crippen LogP contribution in [-0.4, -0.2) is 31.2 Å². The second kappa shape index (κ2) is 8.49. The molecule has 134 valence electrons. The Morgan fingerprint density at radius 2 is 1.81 bits per heavy atom. The van der Waals surface area contributed by atoms with E-state index in [-0.39, 0.29) is 12.5 Å². The van der Waals surface area contributed by atoms with Crippen LogP contribution in [0.15, 0.2) is 60.0 Å². The highest BCUT2D eigenvalue weighted by atomic mass is 32.1. The molecule has 0 spiro atoms. The summed E-state index contributed by atoms with van der Waals surface area (Å²) in [6, 6.07) is 17.0. The number of rotatable bonds is 7. The fourth-order valence-electron chi connectivity index (χ4n) is 2.44. The van der Waals surface area contributed by atoms with Gasteiger partial charge in [-0.3, -0.25) is 9.69 Å². The van der Waals surface area contributed by atoms with Crippen molar-refractivity contribution in [1.29, 1.82) is 0 Å². The summed E-state index contributed by atoms with van der Waals surface area (Å²) < 4.78 is 10.7. The normalized spacial score (nSPS) is 10.4. The average molecular weight is 368 g/mol. The Balaban J connectivity index is 1.69. The number of para-hydroxylation sites is 1. The Morgan fingerprint density at radius 1 is 1.08 bits per heavy atom. The van der Waals surface area contributed by atoms with Crippen LogP contribution in [0.1, 0.15) is 6.92 Å². The van der Waals surface area contributed by atoms with E-state index in [1.54, 1.807) is 12.0 Å². The number of hydrogen-bond donors (Lipinski definition) is 0. The summed E-state index contributed by atoms with van der Waals surface area (Å²) >= 11 is 1.44. The number of nitrogens with zero attached hydrogens (tertiary/aromatic N) is 2. The third-order valence-corrected chi connectivity index (χ3v) is 4.70. The zero-order chi connectivity index (χ0) is 18.4. The van der Waals surface area contributed by atoms with Gasteiger partial charge in [-0.2, -0.15) is 0 Å². The molecule has 26 heavy (non-hydrogen) atoms. The summed E-state index contributed by atoms with van der Waals surface area (Å²) in [7, 11) is 1.64. The third kappa shape index (κ3) is 4.21. The van der Waals surface area contributed by atoms with Crippen LogP contribution in [0, 0.1) is 0 Å². The number of carbonyl (C=O) groups is 1. The quantitative estimate of drug-likeness (QED) is 0.626. The number of anilines is 1. The van der Waals surface area contributed by atoms with Gasteiger partial charge in [-0.1, -0.05) is 18.2 Å². The first-order valence-corrected chi connectivity index (χ1v) is 9.17. The van der Waals surface area contributed by atoms with E-state index in [4.69, 9.17) is 9.47 Å². The predicted octanol–water partition coefficient (Wildman–Crippen LogP) is 4.25. The minimum absolute atomic E-state index is 0.0185. The molecule has 5 nitrogen and oxygen atoms in total. The van der Waals surface area contributed by atoms with Crippen LogP contribution in [-0.2, 0) is 4.79 Å². The van der Waals surface area contributed by atoms with E-state index in [2.05, 4.69) is 4.98 Å². The van der Waals surface area contributed by atoms with Crippen molar-refractivity contribution < 1.29 is 14.3 Å². The molecular formula is C20H20N2O3S. The van der Waals surface area contributed by atoms with Gasteiger partial charge in [0.05, 0.1) is 12.8 Å². The molecule has 0 fully saturated rings. The topological polar surface area (TPSA) is 51.7 Å². The van der Waals surface area contributed by atoms with E-state index in [1.165, 1.54) is 11.3 Å². The highest BCUT2D eigenvalue weighted by molar-refractivity contribution is 7.14. The smallest absolute Gasteiger partial charge is 0.266 e. The summed E-state index contributed by atoms with van der Waals surface area (Å²) in [5.74, 6) is 1.36. The molecule has 1 heterocycles. The summed E-state index contributed by atoms with van der Waals surface area (Å²) in [6.07, 6.45) is 0. The maximum absolute atomic E-state index is 12.5. The maximum Gasteiger partial charge on any atom is 0.266 e. The molecule has 0 aliphatic rings. The lowest BCUT2D eigenvalue weighted by Crippen LogP contribution is -2.34. The van der Waals surface area contributed by atoms with Gasteiger partial charge in [0, 0.05) is 17.5 Å². The van der Waals surface area contributed by atoms with Gasteiger partial charge in [0.1, 0.15) is 11.5 Å². The van der Waals surface area contributed by atoms with Crippen molar-refractivity contribution in [2.24, 2.45) is 0 Å². The lowest BCUT2D eigenvalue weighted by atomic mass is 10.2. The van der Waals surface area contributed by atoms with Crippen LogP contribution in [0.5, 0.6) is 11.5 Å². The van der Waals surface area contributed by atoms with Crippen LogP contribution >= 0.6 is 11.3 Å². The molecule has 1 amide bonds. The summed E-state index contributed by atoms with van der Waals surface area (Å²) in [5.41, 5.74) is 1.82. The molecule has 0 aliphatic heterocycles. The number of benzene rings is 2. The van der Waals surface area contributed by atoms with E-state index in [0.29, 0.717) is 17.4 Å². The van der Waals surface area contributed by atoms with E-state index in [9.17, 15) is 4.79 Å². The number of thiazole rings is 1. The van der Waals surface area contributed by atoms with E-state index >= 15 is 0 Å². The second-order valence-corrected chi connectivity index (χ2v) is 6.32. The number of carbonyl (C=O) groups excluding carboxylic acids is 1. The zero-order valence-electron chi connectivity index (χ0n) is 14.7. The first-order valence-electron chi connectivity index (χ1n) is 8.29. The van der Waals surface area contributed by atoms with Crippen molar-refractivity contribution in [3.63, 3.8) is 0 Å². The Bertz CT molecular complexity index is 847. The molecule has 0 radical (unpaired) electrons. The number of likely N-dealkylation sites (N-methyl/N-ethyl adjacent to an activating group) is 1. The third-order valence-electron chi connectivity index (χ3n) is 3.83. The van der Waals surface area contributed by atoms with Crippen molar-refractivity contribution in [2.75, 3.05) is 25.2 Å². The van der Waals surface area contributed by atoms with Gasteiger partial charge in [0.2, 0.25) is 0 Å². The number of ether oxygens (including phenoxy) is 2. The molecule has 0 saturated heterocycles. The van der Waals surface area contributed by atoms with Gasteiger partial charge < -0.3 is 9.47 Å². The Hall–Kier alpha value is -2.86. The predicted molar refractivity (Wildman–Crippen MR) is 104 cm³/mol. The van der Waals surface area contributed by atoms with Crippen molar-refractivity contribution >= 4 is 22.4 Å². The van der Waals surface area contributed by atoms with Crippen LogP contribution in [0.4, 0.5) is 5.13 Å². The molecule has 0 N–H and O–H groups in total. The lowest BCUT2D eigenvalue weighted by molar-refractivity contribution is -0.120. The number of methoxy groups -OCH3 is 1. The fraction of sp³-hybridized carbons (Fsp3) is 0.200. The summed E-state index contributed by atoms with van der Waals surface area (Å²) in [4.78, 5) is 18.8. The van der Waals surface area contributed by atoms with Crippen molar-refractivity contribution in [2.45, 2.75) is 6.92 Å². The molecule has 0 unspecified atom stereocenters. The largest absolute Gasteiger partial charge is 0.497 e. The molecule has 2 aromatic carbocycles. The zero-order valence-corrected chi connectivity index (χ0v) is 15.5. The van der Waals surface area contributed by atoms with Gasteiger partial charge in [-0.25, -0.2) is 4.98 Å². The molecule has 0 bridgehead atoms. The Morgan fingerprint density at radius 3 is 2.46 bits per heavy atom. The SMILES string of the molecule is CCN(C(=O)COc1ccccc1)c1nc(-c2ccc(OC)cc2)cs1. The van der Waals surface area contributed by atoms with E-state index in [1.807, 2.05) is 66.9 Å². The van der Waals surface area contributed by atoms with Crippen LogP contribution in [0.3, 0.4) is 0 Å². The van der Waals surface area contributed by atoms with Crippen LogP contribution in [0.25, 0.3) is 11.3 Å². The minimum atomic E-state index is -0.119. The molecule has 3 rings (SSSR count). The first kappa shape index (κ1) is 17.9. The van der Waals surface area contributed by atoms with Gasteiger partial charge in [0.25, 0.3) is 5.91 Å². The lowest BCUT2D eigenvalue weighted by Gasteiger charge is -2.17. The van der Waals surface area contributed by atoms with Crippen molar-refractivity contribution in [1.82, 2.24) is 4.98 Å². The Kier molecular flexibility index (Phi) is 5.86. The van der Waals surface area contributed by atoms with Crippen LogP contribution in [0.2, 0.25) is 0 Å². The maximum atomic E-state index is 12.5. The summed E-state index contributed by atoms with van der Waals surface area (Å²) in [5, 5.41) is 2.62. The minimum Gasteiger partial charge on any atom is -0.497 e. The first-order chi connectivity index (χ1) is 12.7. The van der Waals surface area contributed by atoms with Crippen molar-refractivity contribution in [3.8, 4) is 22.8 Å². The highest BCUT2D eigenvalue weighted by Gasteiger charge is 2.18. The average Bonchev–Trinajstić information content (AvgIpc) is 3.17. The number of amides is 1. The number of aromatic nitrogens is 1. The molecule has 0 atom stereocenters. The monoisotopic (exact) mass is 368 g/mol. The van der Waals surface area contributed by atoms with Gasteiger partial charge in [-0.15, -0.1) is 11.3 Å². The standard InChI is InChI=1S/C20H20N2O3S/c1-3-22(19(23)13-25-17-7-5-4-6-8-17)20-21-18(14-26-20)15-9-11-16(24-2)12-10-15/h4-12,14H,3,13H2,1-2H3. The molecule has 6 heteroatoms. The van der Waals surface area contributed by atoms with Crippen molar-refractivity contribution in [3.05, 3.63) is 60.0 Å². The Labute approximate surface area is 156 Å². The fourth-order valence-corrected chi connectivity index (χ4v) is 3.36. The molecule has 1 aromatic heterocycles. The molecule has 0 aliphatic carbocycles. The van der Waals surface area contributed by atoms with Crippen LogP contribution < -0.4 is 14.4 Å². The molecular weight excluding hydrogens is 348 g/mol. The highest BCUT2D eigenvalue weighted by Crippen LogP contribution is 2.28. The van der Waals surface area contributed by atoms with E-state index in [0.717, 1.165) is 17.0 Å². The molecule has 3 aromatic rings. The number of hydrogen-bond acceptors (Lipinski definition) is 5. The van der Waals surface area contributed by atoms with Gasteiger partial charge in [0.15, 0.2) is 11.7 Å². The van der Waals surface area contributed by atoms with Gasteiger partial charge >= 0.3 is 0 Å². The van der Waals surface area contributed by atoms with E-state index < -0.39 is 0 Å². The van der Waals surface area contributed by atoms with Gasteiger partial charge in [-0.05, 0) is 43.3 Å². The molecule has 0 saturated carbocycles. The second-order valence-electron chi connectivity index (χ2n) is 5.48. The summed E-state index contributed by atoms with van der Waals surface area (Å²) in [6.45, 7) is 2.44.